The summed E-state index contributed by atoms with van der Waals surface area (Å²) in [5, 5.41) is 26.9. The number of urea groups is 1. The maximum atomic E-state index is 12.4. The molecule has 1 heterocycles. The number of aliphatic carboxylic acids is 2. The number of nitrogens with one attached hydrogen (secondary N) is 2. The zero-order valence-electron chi connectivity index (χ0n) is 18.2. The van der Waals surface area contributed by atoms with E-state index in [4.69, 9.17) is 26.8 Å². The molecule has 14 nitrogen and oxygen atoms in total. The molecule has 1 aromatic rings. The molecule has 10 N–H and O–H groups in total. The van der Waals surface area contributed by atoms with Crippen molar-refractivity contribution in [2.24, 2.45) is 28.1 Å². The van der Waals surface area contributed by atoms with Gasteiger partial charge in [0, 0.05) is 13.0 Å². The fraction of sp³-hybridized carbons (Fsp3) is 0.667. The average Bonchev–Trinajstić information content (AvgIpc) is 3.17. The van der Waals surface area contributed by atoms with Gasteiger partial charge < -0.3 is 42.6 Å². The summed E-state index contributed by atoms with van der Waals surface area (Å²) in [7, 11) is 0. The lowest BCUT2D eigenvalue weighted by Crippen LogP contribution is -2.47. The Balaban J connectivity index is 2.90. The van der Waals surface area contributed by atoms with Crippen LogP contribution in [0.2, 0.25) is 0 Å². The van der Waals surface area contributed by atoms with Gasteiger partial charge in [-0.25, -0.2) is 9.59 Å². The summed E-state index contributed by atoms with van der Waals surface area (Å²) in [6.07, 6.45) is 0.937. The number of carboxylic acid groups (broad SMARTS) is 2. The van der Waals surface area contributed by atoms with Gasteiger partial charge in [0.15, 0.2) is 11.8 Å². The smallest absolute Gasteiger partial charge is 0.326 e. The van der Waals surface area contributed by atoms with Crippen LogP contribution in [0.4, 0.5) is 4.79 Å². The molecule has 32 heavy (non-hydrogen) atoms. The largest absolute Gasteiger partial charge is 0.481 e. The summed E-state index contributed by atoms with van der Waals surface area (Å²) in [5.41, 5.74) is 16.5. The maximum Gasteiger partial charge on any atom is 0.326 e. The van der Waals surface area contributed by atoms with Crippen LogP contribution < -0.4 is 27.8 Å². The number of hydrogen-bond acceptors (Lipinski definition) is 8. The highest BCUT2D eigenvalue weighted by Crippen LogP contribution is 2.20. The van der Waals surface area contributed by atoms with Crippen LogP contribution in [0.25, 0.3) is 0 Å². The quantitative estimate of drug-likeness (QED) is 0.110. The topological polar surface area (TPSA) is 245 Å². The molecule has 0 saturated heterocycles. The van der Waals surface area contributed by atoms with E-state index in [1.165, 1.54) is 0 Å². The third-order valence-electron chi connectivity index (χ3n) is 4.32. The minimum absolute atomic E-state index is 0.0429. The molecule has 0 fully saturated rings. The molecule has 0 spiro atoms. The third-order valence-corrected chi connectivity index (χ3v) is 4.32. The second-order valence-electron chi connectivity index (χ2n) is 7.67. The lowest BCUT2D eigenvalue weighted by Gasteiger charge is -2.20. The standard InChI is InChI=1S/C18H32N8O6/c1-9(2)8-12(16(29)30)24-18(31)23-11(4-3-7-22-17(20)21)15-25-14(26-32-15)10(19)5-6-13(27)28/h9-12H,3-8,19H2,1-2H3,(H,27,28)(H,29,30)(H4,20,21,22)(H2,23,24,31)/t10-,11-,12-/m0/s1. The number of nitrogens with two attached hydrogens (primary N) is 3. The monoisotopic (exact) mass is 456 g/mol. The maximum absolute atomic E-state index is 12.4. The van der Waals surface area contributed by atoms with E-state index in [0.29, 0.717) is 12.8 Å². The minimum atomic E-state index is -1.15. The second-order valence-corrected chi connectivity index (χ2v) is 7.67. The lowest BCUT2D eigenvalue weighted by atomic mass is 10.0. The van der Waals surface area contributed by atoms with Gasteiger partial charge in [0.05, 0.1) is 6.04 Å². The molecule has 0 radical (unpaired) electrons. The van der Waals surface area contributed by atoms with Crippen LogP contribution >= 0.6 is 0 Å². The number of carboxylic acids is 2. The first-order valence-corrected chi connectivity index (χ1v) is 10.2. The number of carbonyl (C=O) groups excluding carboxylic acids is 1. The molecule has 0 aliphatic heterocycles. The van der Waals surface area contributed by atoms with E-state index in [-0.39, 0.29) is 49.4 Å². The van der Waals surface area contributed by atoms with E-state index in [0.717, 1.165) is 0 Å². The number of guanidine groups is 1. The van der Waals surface area contributed by atoms with Crippen LogP contribution in [0, 0.1) is 5.92 Å². The van der Waals surface area contributed by atoms with E-state index in [1.807, 2.05) is 13.8 Å². The number of amides is 2. The molecule has 3 atom stereocenters. The van der Waals surface area contributed by atoms with E-state index in [2.05, 4.69) is 25.8 Å². The van der Waals surface area contributed by atoms with E-state index >= 15 is 0 Å². The van der Waals surface area contributed by atoms with Gasteiger partial charge in [-0.1, -0.05) is 19.0 Å². The van der Waals surface area contributed by atoms with Crippen molar-refractivity contribution in [1.82, 2.24) is 20.8 Å². The van der Waals surface area contributed by atoms with Crippen LogP contribution in [0.15, 0.2) is 9.52 Å². The summed E-state index contributed by atoms with van der Waals surface area (Å²) in [6.45, 7) is 3.97. The third kappa shape index (κ3) is 10.1. The zero-order valence-corrected chi connectivity index (χ0v) is 18.2. The molecule has 0 aromatic carbocycles. The number of rotatable bonds is 14. The first-order valence-electron chi connectivity index (χ1n) is 10.2. The number of carbonyl (C=O) groups is 3. The number of aliphatic imine (C=N–C) groups is 1. The van der Waals surface area contributed by atoms with E-state index < -0.39 is 36.1 Å². The summed E-state index contributed by atoms with van der Waals surface area (Å²) in [5.74, 6) is -2.04. The van der Waals surface area contributed by atoms with Crippen molar-refractivity contribution in [2.75, 3.05) is 6.54 Å². The predicted octanol–water partition coefficient (Wildman–Crippen LogP) is -0.173. The summed E-state index contributed by atoms with van der Waals surface area (Å²) < 4.78 is 5.22. The molecule has 0 saturated carbocycles. The van der Waals surface area contributed by atoms with Crippen LogP contribution in [0.1, 0.15) is 69.8 Å². The number of hydrogen-bond donors (Lipinski definition) is 7. The van der Waals surface area contributed by atoms with Gasteiger partial charge in [-0.05, 0) is 31.6 Å². The van der Waals surface area contributed by atoms with Gasteiger partial charge >= 0.3 is 18.0 Å². The molecular formula is C18H32N8O6. The average molecular weight is 457 g/mol. The molecule has 14 heteroatoms. The molecule has 0 bridgehead atoms. The Bertz CT molecular complexity index is 792. The van der Waals surface area contributed by atoms with Crippen molar-refractivity contribution in [3.63, 3.8) is 0 Å². The molecule has 0 unspecified atom stereocenters. The normalized spacial score (nSPS) is 13.8. The van der Waals surface area contributed by atoms with Crippen LogP contribution in [-0.4, -0.2) is 56.9 Å². The van der Waals surface area contributed by atoms with Gasteiger partial charge in [-0.3, -0.25) is 9.79 Å². The van der Waals surface area contributed by atoms with Crippen molar-refractivity contribution in [3.05, 3.63) is 11.7 Å². The summed E-state index contributed by atoms with van der Waals surface area (Å²) in [4.78, 5) is 42.6. The van der Waals surface area contributed by atoms with Crippen molar-refractivity contribution in [3.8, 4) is 0 Å². The molecule has 180 valence electrons. The van der Waals surface area contributed by atoms with E-state index in [1.54, 1.807) is 0 Å². The van der Waals surface area contributed by atoms with E-state index in [9.17, 15) is 19.5 Å². The first kappa shape index (κ1) is 26.6. The molecule has 1 aromatic heterocycles. The van der Waals surface area contributed by atoms with Crippen molar-refractivity contribution in [2.45, 2.75) is 64.1 Å². The fourth-order valence-corrected chi connectivity index (χ4v) is 2.76. The van der Waals surface area contributed by atoms with Crippen LogP contribution in [-0.2, 0) is 9.59 Å². The first-order chi connectivity index (χ1) is 15.0. The van der Waals surface area contributed by atoms with Crippen molar-refractivity contribution < 1.29 is 29.1 Å². The SMILES string of the molecule is CC(C)C[C@H](NC(=O)N[C@@H](CCCN=C(N)N)c1nc([C@@H](N)CCC(=O)O)no1)C(=O)O. The lowest BCUT2D eigenvalue weighted by molar-refractivity contribution is -0.139. The Labute approximate surface area is 185 Å². The fourth-order valence-electron chi connectivity index (χ4n) is 2.76. The van der Waals surface area contributed by atoms with Crippen LogP contribution in [0.3, 0.4) is 0 Å². The predicted molar refractivity (Wildman–Crippen MR) is 113 cm³/mol. The Morgan fingerprint density at radius 3 is 2.41 bits per heavy atom. The van der Waals surface area contributed by atoms with Crippen molar-refractivity contribution >= 4 is 23.9 Å². The van der Waals surface area contributed by atoms with Gasteiger partial charge in [0.2, 0.25) is 5.89 Å². The zero-order chi connectivity index (χ0) is 24.3. The van der Waals surface area contributed by atoms with Gasteiger partial charge in [0.25, 0.3) is 0 Å². The molecule has 0 aliphatic carbocycles. The molecule has 1 rings (SSSR count). The van der Waals surface area contributed by atoms with Gasteiger partial charge in [-0.15, -0.1) is 0 Å². The highest BCUT2D eigenvalue weighted by atomic mass is 16.5. The highest BCUT2D eigenvalue weighted by molar-refractivity contribution is 5.82. The number of aromatic nitrogens is 2. The minimum Gasteiger partial charge on any atom is -0.481 e. The summed E-state index contributed by atoms with van der Waals surface area (Å²) in [6, 6.07) is -3.33. The molecule has 2 amide bonds. The Kier molecular flexibility index (Phi) is 10.9. The number of nitrogens with zero attached hydrogens (tertiary/aromatic N) is 3. The second kappa shape index (κ2) is 13.1. The molecular weight excluding hydrogens is 424 g/mol. The van der Waals surface area contributed by atoms with Crippen LogP contribution in [0.5, 0.6) is 0 Å². The highest BCUT2D eigenvalue weighted by Gasteiger charge is 2.26. The molecule has 0 aliphatic rings. The Morgan fingerprint density at radius 1 is 1.16 bits per heavy atom. The Hall–Kier alpha value is -3.42. The van der Waals surface area contributed by atoms with Crippen molar-refractivity contribution in [1.29, 1.82) is 0 Å². The Morgan fingerprint density at radius 2 is 1.84 bits per heavy atom. The van der Waals surface area contributed by atoms with Gasteiger partial charge in [0.1, 0.15) is 12.1 Å². The van der Waals surface area contributed by atoms with Gasteiger partial charge in [-0.2, -0.15) is 4.98 Å². The summed E-state index contributed by atoms with van der Waals surface area (Å²) >= 11 is 0.